The van der Waals surface area contributed by atoms with E-state index in [2.05, 4.69) is 16.0 Å². The average molecular weight is 353 g/mol. The van der Waals surface area contributed by atoms with Crippen molar-refractivity contribution in [3.8, 4) is 5.75 Å². The molecular formula is C20H23N3O3. The smallest absolute Gasteiger partial charge is 0.319 e. The molecule has 0 heterocycles. The maximum Gasteiger partial charge on any atom is 0.319 e. The fraction of sp³-hybridized carbons (Fsp3) is 0.300. The zero-order valence-electron chi connectivity index (χ0n) is 14.9. The van der Waals surface area contributed by atoms with Gasteiger partial charge in [0.25, 0.3) is 0 Å². The monoisotopic (exact) mass is 353 g/mol. The minimum absolute atomic E-state index is 0.0859. The molecule has 2 aromatic rings. The number of hydrogen-bond acceptors (Lipinski definition) is 3. The molecule has 3 N–H and O–H groups in total. The molecule has 0 aromatic heterocycles. The Morgan fingerprint density at radius 1 is 0.962 bits per heavy atom. The highest BCUT2D eigenvalue weighted by molar-refractivity contribution is 5.94. The van der Waals surface area contributed by atoms with E-state index in [-0.39, 0.29) is 23.9 Å². The van der Waals surface area contributed by atoms with Crippen LogP contribution in [0.25, 0.3) is 0 Å². The van der Waals surface area contributed by atoms with E-state index >= 15 is 0 Å². The van der Waals surface area contributed by atoms with Gasteiger partial charge < -0.3 is 20.7 Å². The second-order valence-electron chi connectivity index (χ2n) is 6.43. The van der Waals surface area contributed by atoms with Gasteiger partial charge in [-0.1, -0.05) is 12.1 Å². The molecule has 0 aliphatic heterocycles. The molecule has 1 aliphatic carbocycles. The Labute approximate surface area is 152 Å². The molecule has 0 spiro atoms. The summed E-state index contributed by atoms with van der Waals surface area (Å²) in [4.78, 5) is 23.9. The molecule has 1 atom stereocenters. The minimum atomic E-state index is -0.284. The Hall–Kier alpha value is -3.02. The van der Waals surface area contributed by atoms with Crippen LogP contribution in [0.1, 0.15) is 31.4 Å². The second-order valence-corrected chi connectivity index (χ2v) is 6.43. The SMILES string of the molecule is COc1ccc(NC(=O)NC(C)c2ccc(NC(=O)C3CC3)cc2)cc1. The van der Waals surface area contributed by atoms with Gasteiger partial charge in [0, 0.05) is 17.3 Å². The Kier molecular flexibility index (Phi) is 5.41. The molecule has 0 saturated heterocycles. The molecule has 3 rings (SSSR count). The van der Waals surface area contributed by atoms with Gasteiger partial charge in [0.1, 0.15) is 5.75 Å². The van der Waals surface area contributed by atoms with Gasteiger partial charge >= 0.3 is 6.03 Å². The molecule has 6 nitrogen and oxygen atoms in total. The van der Waals surface area contributed by atoms with Gasteiger partial charge in [0.2, 0.25) is 5.91 Å². The lowest BCUT2D eigenvalue weighted by Gasteiger charge is -2.16. The summed E-state index contributed by atoms with van der Waals surface area (Å²) in [5.41, 5.74) is 2.42. The molecule has 6 heteroatoms. The number of anilines is 2. The van der Waals surface area contributed by atoms with Gasteiger partial charge in [-0.3, -0.25) is 4.79 Å². The van der Waals surface area contributed by atoms with Crippen LogP contribution in [0.3, 0.4) is 0 Å². The molecule has 2 aromatic carbocycles. The molecule has 1 fully saturated rings. The first kappa shape index (κ1) is 17.8. The molecule has 1 aliphatic rings. The highest BCUT2D eigenvalue weighted by atomic mass is 16.5. The standard InChI is InChI=1S/C20H23N3O3/c1-13(21-20(25)23-17-9-11-18(26-2)12-10-17)14-5-7-16(8-6-14)22-19(24)15-3-4-15/h5-13,15H,3-4H2,1-2H3,(H,22,24)(H2,21,23,25). The van der Waals surface area contributed by atoms with E-state index in [1.54, 1.807) is 31.4 Å². The van der Waals surface area contributed by atoms with Crippen LogP contribution in [0.2, 0.25) is 0 Å². The van der Waals surface area contributed by atoms with Crippen molar-refractivity contribution in [1.82, 2.24) is 5.32 Å². The van der Waals surface area contributed by atoms with Crippen molar-refractivity contribution in [3.63, 3.8) is 0 Å². The lowest BCUT2D eigenvalue weighted by atomic mass is 10.1. The molecular weight excluding hydrogens is 330 g/mol. The van der Waals surface area contributed by atoms with E-state index in [0.717, 1.165) is 29.8 Å². The average Bonchev–Trinajstić information content (AvgIpc) is 3.48. The number of hydrogen-bond donors (Lipinski definition) is 3. The van der Waals surface area contributed by atoms with E-state index in [4.69, 9.17) is 4.74 Å². The summed E-state index contributed by atoms with van der Waals surface area (Å²) in [6.45, 7) is 1.91. The van der Waals surface area contributed by atoms with E-state index < -0.39 is 0 Å². The number of methoxy groups -OCH3 is 1. The number of carbonyl (C=O) groups excluding carboxylic acids is 2. The predicted molar refractivity (Wildman–Crippen MR) is 101 cm³/mol. The zero-order valence-corrected chi connectivity index (χ0v) is 14.9. The summed E-state index contributed by atoms with van der Waals surface area (Å²) in [6, 6.07) is 14.2. The predicted octanol–water partition coefficient (Wildman–Crippen LogP) is 3.93. The zero-order chi connectivity index (χ0) is 18.5. The van der Waals surface area contributed by atoms with Crippen LogP contribution in [0.5, 0.6) is 5.75 Å². The Morgan fingerprint density at radius 3 is 2.12 bits per heavy atom. The van der Waals surface area contributed by atoms with Gasteiger partial charge in [0.05, 0.1) is 13.2 Å². The second kappa shape index (κ2) is 7.91. The van der Waals surface area contributed by atoms with Gasteiger partial charge in [-0.05, 0) is 61.7 Å². The van der Waals surface area contributed by atoms with Crippen molar-refractivity contribution in [3.05, 3.63) is 54.1 Å². The Morgan fingerprint density at radius 2 is 1.54 bits per heavy atom. The lowest BCUT2D eigenvalue weighted by Crippen LogP contribution is -2.31. The molecule has 0 bridgehead atoms. The Balaban J connectivity index is 1.52. The van der Waals surface area contributed by atoms with Crippen LogP contribution in [-0.2, 0) is 4.79 Å². The third-order valence-electron chi connectivity index (χ3n) is 4.32. The number of rotatable bonds is 6. The molecule has 26 heavy (non-hydrogen) atoms. The minimum Gasteiger partial charge on any atom is -0.497 e. The highest BCUT2D eigenvalue weighted by Crippen LogP contribution is 2.30. The van der Waals surface area contributed by atoms with E-state index in [1.807, 2.05) is 31.2 Å². The van der Waals surface area contributed by atoms with Crippen LogP contribution in [-0.4, -0.2) is 19.0 Å². The van der Waals surface area contributed by atoms with Crippen LogP contribution in [0.15, 0.2) is 48.5 Å². The van der Waals surface area contributed by atoms with Gasteiger partial charge in [-0.25, -0.2) is 4.79 Å². The normalized spacial score (nSPS) is 14.2. The van der Waals surface area contributed by atoms with Crippen LogP contribution in [0, 0.1) is 5.92 Å². The van der Waals surface area contributed by atoms with Crippen molar-refractivity contribution in [2.75, 3.05) is 17.7 Å². The molecule has 1 unspecified atom stereocenters. The number of ether oxygens (including phenoxy) is 1. The van der Waals surface area contributed by atoms with E-state index in [1.165, 1.54) is 0 Å². The maximum atomic E-state index is 12.1. The number of carbonyl (C=O) groups is 2. The molecule has 136 valence electrons. The molecule has 0 radical (unpaired) electrons. The number of nitrogens with one attached hydrogen (secondary N) is 3. The van der Waals surface area contributed by atoms with Crippen LogP contribution in [0.4, 0.5) is 16.2 Å². The third kappa shape index (κ3) is 4.75. The van der Waals surface area contributed by atoms with Gasteiger partial charge in [-0.15, -0.1) is 0 Å². The lowest BCUT2D eigenvalue weighted by molar-refractivity contribution is -0.117. The van der Waals surface area contributed by atoms with Crippen molar-refractivity contribution in [2.45, 2.75) is 25.8 Å². The van der Waals surface area contributed by atoms with Crippen molar-refractivity contribution >= 4 is 23.3 Å². The quantitative estimate of drug-likeness (QED) is 0.736. The van der Waals surface area contributed by atoms with Crippen LogP contribution >= 0.6 is 0 Å². The molecule has 3 amide bonds. The Bertz CT molecular complexity index is 768. The van der Waals surface area contributed by atoms with Crippen molar-refractivity contribution in [1.29, 1.82) is 0 Å². The summed E-state index contributed by atoms with van der Waals surface area (Å²) in [6.07, 6.45) is 1.96. The first-order valence-corrected chi connectivity index (χ1v) is 8.67. The fourth-order valence-corrected chi connectivity index (χ4v) is 2.57. The first-order valence-electron chi connectivity index (χ1n) is 8.67. The fourth-order valence-electron chi connectivity index (χ4n) is 2.57. The topological polar surface area (TPSA) is 79.5 Å². The highest BCUT2D eigenvalue weighted by Gasteiger charge is 2.29. The molecule has 1 saturated carbocycles. The summed E-state index contributed by atoms with van der Waals surface area (Å²) < 4.78 is 5.09. The summed E-state index contributed by atoms with van der Waals surface area (Å²) >= 11 is 0. The third-order valence-corrected chi connectivity index (χ3v) is 4.32. The summed E-state index contributed by atoms with van der Waals surface area (Å²) in [5.74, 6) is 0.998. The maximum absolute atomic E-state index is 12.1. The van der Waals surface area contributed by atoms with Crippen molar-refractivity contribution < 1.29 is 14.3 Å². The number of amides is 3. The van der Waals surface area contributed by atoms with Gasteiger partial charge in [-0.2, -0.15) is 0 Å². The van der Waals surface area contributed by atoms with Gasteiger partial charge in [0.15, 0.2) is 0 Å². The summed E-state index contributed by atoms with van der Waals surface area (Å²) in [7, 11) is 1.60. The summed E-state index contributed by atoms with van der Waals surface area (Å²) in [5, 5.41) is 8.59. The number of urea groups is 1. The van der Waals surface area contributed by atoms with Crippen LogP contribution < -0.4 is 20.7 Å². The van der Waals surface area contributed by atoms with E-state index in [0.29, 0.717) is 5.69 Å². The van der Waals surface area contributed by atoms with Crippen molar-refractivity contribution in [2.24, 2.45) is 5.92 Å². The van der Waals surface area contributed by atoms with E-state index in [9.17, 15) is 9.59 Å². The first-order chi connectivity index (χ1) is 12.5. The number of benzene rings is 2. The largest absolute Gasteiger partial charge is 0.497 e.